The Morgan fingerprint density at radius 2 is 2.00 bits per heavy atom. The van der Waals surface area contributed by atoms with Crippen molar-refractivity contribution in [3.8, 4) is 11.4 Å². The molecule has 148 valence electrons. The SMILES string of the molecule is CCN(CC)C(CNC(=O)Cc1nc(-c2ccccc2C)no1)c1cccs1. The van der Waals surface area contributed by atoms with Gasteiger partial charge >= 0.3 is 0 Å². The number of nitrogens with one attached hydrogen (secondary N) is 1. The number of rotatable bonds is 9. The second kappa shape index (κ2) is 9.61. The fraction of sp³-hybridized carbons (Fsp3) is 0.381. The number of thiophene rings is 1. The molecule has 3 aromatic rings. The van der Waals surface area contributed by atoms with E-state index in [0.29, 0.717) is 18.3 Å². The second-order valence-electron chi connectivity index (χ2n) is 6.56. The normalized spacial score (nSPS) is 12.3. The first-order valence-corrected chi connectivity index (χ1v) is 10.4. The number of hydrogen-bond acceptors (Lipinski definition) is 6. The number of aryl methyl sites for hydroxylation is 1. The zero-order chi connectivity index (χ0) is 19.9. The molecule has 7 heteroatoms. The van der Waals surface area contributed by atoms with E-state index in [4.69, 9.17) is 4.52 Å². The zero-order valence-corrected chi connectivity index (χ0v) is 17.3. The summed E-state index contributed by atoms with van der Waals surface area (Å²) in [6.45, 7) is 8.68. The Kier molecular flexibility index (Phi) is 6.95. The lowest BCUT2D eigenvalue weighted by atomic mass is 10.1. The second-order valence-corrected chi connectivity index (χ2v) is 7.54. The molecule has 0 radical (unpaired) electrons. The van der Waals surface area contributed by atoms with Crippen LogP contribution < -0.4 is 5.32 Å². The molecule has 1 amide bonds. The van der Waals surface area contributed by atoms with Gasteiger partial charge in [0.15, 0.2) is 0 Å². The monoisotopic (exact) mass is 398 g/mol. The number of carbonyl (C=O) groups is 1. The molecular formula is C21H26N4O2S. The molecule has 6 nitrogen and oxygen atoms in total. The van der Waals surface area contributed by atoms with Crippen molar-refractivity contribution in [2.45, 2.75) is 33.2 Å². The highest BCUT2D eigenvalue weighted by Gasteiger charge is 2.20. The molecule has 1 aromatic carbocycles. The lowest BCUT2D eigenvalue weighted by molar-refractivity contribution is -0.121. The highest BCUT2D eigenvalue weighted by atomic mass is 32.1. The number of nitrogens with zero attached hydrogens (tertiary/aromatic N) is 3. The van der Waals surface area contributed by atoms with E-state index in [2.05, 4.69) is 45.7 Å². The maximum Gasteiger partial charge on any atom is 0.236 e. The summed E-state index contributed by atoms with van der Waals surface area (Å²) >= 11 is 1.71. The number of amides is 1. The van der Waals surface area contributed by atoms with Crippen LogP contribution in [0.2, 0.25) is 0 Å². The summed E-state index contributed by atoms with van der Waals surface area (Å²) < 4.78 is 5.28. The minimum absolute atomic E-state index is 0.0777. The molecule has 0 saturated heterocycles. The molecule has 0 aliphatic heterocycles. The van der Waals surface area contributed by atoms with Crippen molar-refractivity contribution in [3.63, 3.8) is 0 Å². The molecule has 0 bridgehead atoms. The van der Waals surface area contributed by atoms with Crippen molar-refractivity contribution in [2.24, 2.45) is 0 Å². The van der Waals surface area contributed by atoms with Gasteiger partial charge in [0.05, 0.1) is 6.04 Å². The third-order valence-corrected chi connectivity index (χ3v) is 5.76. The van der Waals surface area contributed by atoms with Crippen molar-refractivity contribution in [1.29, 1.82) is 0 Å². The largest absolute Gasteiger partial charge is 0.354 e. The Hall–Kier alpha value is -2.51. The first kappa shape index (κ1) is 20.2. The molecule has 0 fully saturated rings. The summed E-state index contributed by atoms with van der Waals surface area (Å²) in [6, 6.07) is 12.2. The fourth-order valence-corrected chi connectivity index (χ4v) is 4.09. The first-order valence-electron chi connectivity index (χ1n) is 9.55. The third kappa shape index (κ3) is 4.85. The fourth-order valence-electron chi connectivity index (χ4n) is 3.23. The maximum atomic E-state index is 12.4. The summed E-state index contributed by atoms with van der Waals surface area (Å²) in [5.41, 5.74) is 1.98. The highest BCUT2D eigenvalue weighted by Crippen LogP contribution is 2.24. The molecule has 1 atom stereocenters. The minimum atomic E-state index is -0.117. The van der Waals surface area contributed by atoms with E-state index in [1.165, 1.54) is 4.88 Å². The van der Waals surface area contributed by atoms with Gasteiger partial charge in [-0.2, -0.15) is 4.98 Å². The van der Waals surface area contributed by atoms with E-state index in [1.807, 2.05) is 37.3 Å². The van der Waals surface area contributed by atoms with E-state index in [9.17, 15) is 4.79 Å². The van der Waals surface area contributed by atoms with Crippen LogP contribution in [0.5, 0.6) is 0 Å². The van der Waals surface area contributed by atoms with Gasteiger partial charge in [0.2, 0.25) is 17.6 Å². The van der Waals surface area contributed by atoms with Gasteiger partial charge in [-0.3, -0.25) is 9.69 Å². The smallest absolute Gasteiger partial charge is 0.236 e. The zero-order valence-electron chi connectivity index (χ0n) is 16.5. The number of hydrogen-bond donors (Lipinski definition) is 1. The van der Waals surface area contributed by atoms with E-state index in [0.717, 1.165) is 24.2 Å². The van der Waals surface area contributed by atoms with Crippen LogP contribution in [0.25, 0.3) is 11.4 Å². The van der Waals surface area contributed by atoms with Crippen molar-refractivity contribution in [1.82, 2.24) is 20.4 Å². The molecule has 2 heterocycles. The Labute approximate surface area is 169 Å². The quantitative estimate of drug-likeness (QED) is 0.593. The summed E-state index contributed by atoms with van der Waals surface area (Å²) in [6.07, 6.45) is 0.0777. The van der Waals surface area contributed by atoms with Crippen LogP contribution in [0.1, 0.15) is 36.2 Å². The molecule has 0 saturated carbocycles. The molecule has 0 spiro atoms. The Morgan fingerprint density at radius 3 is 2.68 bits per heavy atom. The summed E-state index contributed by atoms with van der Waals surface area (Å²) in [7, 11) is 0. The van der Waals surface area contributed by atoms with Gasteiger partial charge in [-0.05, 0) is 37.0 Å². The Balaban J connectivity index is 1.61. The van der Waals surface area contributed by atoms with E-state index in [-0.39, 0.29) is 18.4 Å². The predicted molar refractivity (Wildman–Crippen MR) is 111 cm³/mol. The molecule has 2 aromatic heterocycles. The molecule has 28 heavy (non-hydrogen) atoms. The van der Waals surface area contributed by atoms with Gasteiger partial charge in [-0.15, -0.1) is 11.3 Å². The van der Waals surface area contributed by atoms with Crippen LogP contribution in [-0.4, -0.2) is 40.6 Å². The maximum absolute atomic E-state index is 12.4. The van der Waals surface area contributed by atoms with E-state index >= 15 is 0 Å². The number of benzene rings is 1. The van der Waals surface area contributed by atoms with Gasteiger partial charge < -0.3 is 9.84 Å². The molecular weight excluding hydrogens is 372 g/mol. The average Bonchev–Trinajstić information content (AvgIpc) is 3.38. The van der Waals surface area contributed by atoms with E-state index < -0.39 is 0 Å². The molecule has 0 aliphatic rings. The topological polar surface area (TPSA) is 71.3 Å². The minimum Gasteiger partial charge on any atom is -0.354 e. The van der Waals surface area contributed by atoms with Gasteiger partial charge in [0, 0.05) is 17.0 Å². The predicted octanol–water partition coefficient (Wildman–Crippen LogP) is 3.85. The lowest BCUT2D eigenvalue weighted by Gasteiger charge is -2.29. The van der Waals surface area contributed by atoms with Gasteiger partial charge in [0.1, 0.15) is 6.42 Å². The first-order chi connectivity index (χ1) is 13.6. The van der Waals surface area contributed by atoms with Crippen LogP contribution in [0.15, 0.2) is 46.3 Å². The number of carbonyl (C=O) groups excluding carboxylic acids is 1. The number of aromatic nitrogens is 2. The van der Waals surface area contributed by atoms with Crippen LogP contribution >= 0.6 is 11.3 Å². The Morgan fingerprint density at radius 1 is 1.21 bits per heavy atom. The van der Waals surface area contributed by atoms with Crippen molar-refractivity contribution >= 4 is 17.2 Å². The molecule has 1 N–H and O–H groups in total. The third-order valence-electron chi connectivity index (χ3n) is 4.78. The van der Waals surface area contributed by atoms with Crippen molar-refractivity contribution in [3.05, 3.63) is 58.1 Å². The van der Waals surface area contributed by atoms with Crippen molar-refractivity contribution in [2.75, 3.05) is 19.6 Å². The highest BCUT2D eigenvalue weighted by molar-refractivity contribution is 7.10. The van der Waals surface area contributed by atoms with Crippen molar-refractivity contribution < 1.29 is 9.32 Å². The molecule has 0 aliphatic carbocycles. The van der Waals surface area contributed by atoms with Gasteiger partial charge in [0.25, 0.3) is 0 Å². The summed E-state index contributed by atoms with van der Waals surface area (Å²) in [5, 5.41) is 9.11. The summed E-state index contributed by atoms with van der Waals surface area (Å²) in [4.78, 5) is 20.4. The van der Waals surface area contributed by atoms with Gasteiger partial charge in [-0.1, -0.05) is 49.3 Å². The van der Waals surface area contributed by atoms with Crippen LogP contribution in [0, 0.1) is 6.92 Å². The van der Waals surface area contributed by atoms with E-state index in [1.54, 1.807) is 11.3 Å². The molecule has 3 rings (SSSR count). The number of likely N-dealkylation sites (N-methyl/N-ethyl adjacent to an activating group) is 1. The van der Waals surface area contributed by atoms with Crippen LogP contribution in [0.3, 0.4) is 0 Å². The van der Waals surface area contributed by atoms with Crippen LogP contribution in [-0.2, 0) is 11.2 Å². The molecule has 1 unspecified atom stereocenters. The average molecular weight is 399 g/mol. The summed E-state index contributed by atoms with van der Waals surface area (Å²) in [5.74, 6) is 0.723. The van der Waals surface area contributed by atoms with Gasteiger partial charge in [-0.25, -0.2) is 0 Å². The Bertz CT molecular complexity index is 887. The standard InChI is InChI=1S/C21H26N4O2S/c1-4-25(5-2)17(18-11-8-12-28-18)14-22-19(26)13-20-23-21(24-27-20)16-10-7-6-9-15(16)3/h6-12,17H,4-5,13-14H2,1-3H3,(H,22,26). The lowest BCUT2D eigenvalue weighted by Crippen LogP contribution is -2.38. The van der Waals surface area contributed by atoms with Crippen LogP contribution in [0.4, 0.5) is 0 Å².